The highest BCUT2D eigenvalue weighted by Crippen LogP contribution is 2.29. The molecule has 1 aromatic carbocycles. The van der Waals surface area contributed by atoms with E-state index in [1.54, 1.807) is 19.1 Å². The van der Waals surface area contributed by atoms with Crippen LogP contribution in [0.3, 0.4) is 0 Å². The molecule has 0 spiro atoms. The zero-order valence-electron chi connectivity index (χ0n) is 11.2. The summed E-state index contributed by atoms with van der Waals surface area (Å²) in [6, 6.07) is 4.24. The molecule has 1 rings (SSSR count). The van der Waals surface area contributed by atoms with Gasteiger partial charge in [0.15, 0.2) is 0 Å². The van der Waals surface area contributed by atoms with Crippen molar-refractivity contribution in [3.05, 3.63) is 23.8 Å². The Bertz CT molecular complexity index is 437. The molecule has 4 nitrogen and oxygen atoms in total. The summed E-state index contributed by atoms with van der Waals surface area (Å²) >= 11 is 0. The molecule has 6 heteroatoms. The van der Waals surface area contributed by atoms with Crippen LogP contribution in [0.15, 0.2) is 18.2 Å². The van der Waals surface area contributed by atoms with E-state index >= 15 is 0 Å². The SMILES string of the molecule is Cc1cccc(OC(F)F)c1NC(=O)NCC(C)C. The third kappa shape index (κ3) is 5.11. The van der Waals surface area contributed by atoms with Crippen LogP contribution in [0.1, 0.15) is 19.4 Å². The Labute approximate surface area is 111 Å². The van der Waals surface area contributed by atoms with Crippen LogP contribution in [-0.2, 0) is 0 Å². The van der Waals surface area contributed by atoms with Crippen LogP contribution < -0.4 is 15.4 Å². The number of aryl methyl sites for hydroxylation is 1. The van der Waals surface area contributed by atoms with Crippen molar-refractivity contribution in [2.75, 3.05) is 11.9 Å². The Morgan fingerprint density at radius 2 is 2.05 bits per heavy atom. The molecule has 2 amide bonds. The summed E-state index contributed by atoms with van der Waals surface area (Å²) in [5, 5.41) is 5.18. The van der Waals surface area contributed by atoms with Crippen molar-refractivity contribution in [3.63, 3.8) is 0 Å². The smallest absolute Gasteiger partial charge is 0.387 e. The number of hydrogen-bond acceptors (Lipinski definition) is 2. The molecular formula is C13H18F2N2O2. The van der Waals surface area contributed by atoms with Crippen molar-refractivity contribution in [1.82, 2.24) is 5.32 Å². The number of nitrogens with one attached hydrogen (secondary N) is 2. The third-order valence-corrected chi connectivity index (χ3v) is 2.36. The van der Waals surface area contributed by atoms with Gasteiger partial charge in [0, 0.05) is 6.54 Å². The van der Waals surface area contributed by atoms with Crippen molar-refractivity contribution in [2.24, 2.45) is 5.92 Å². The van der Waals surface area contributed by atoms with Crippen molar-refractivity contribution in [2.45, 2.75) is 27.4 Å². The normalized spacial score (nSPS) is 10.7. The van der Waals surface area contributed by atoms with Gasteiger partial charge in [-0.05, 0) is 24.5 Å². The maximum Gasteiger partial charge on any atom is 0.387 e. The molecule has 1 aromatic rings. The topological polar surface area (TPSA) is 50.4 Å². The lowest BCUT2D eigenvalue weighted by Crippen LogP contribution is -2.32. The zero-order valence-corrected chi connectivity index (χ0v) is 11.2. The number of carbonyl (C=O) groups is 1. The Morgan fingerprint density at radius 3 is 2.63 bits per heavy atom. The minimum absolute atomic E-state index is 0.0466. The van der Waals surface area contributed by atoms with Gasteiger partial charge in [-0.25, -0.2) is 4.79 Å². The highest BCUT2D eigenvalue weighted by Gasteiger charge is 2.13. The lowest BCUT2D eigenvalue weighted by molar-refractivity contribution is -0.0493. The Balaban J connectivity index is 2.78. The summed E-state index contributed by atoms with van der Waals surface area (Å²) in [6.07, 6.45) is 0. The molecule has 2 N–H and O–H groups in total. The van der Waals surface area contributed by atoms with Gasteiger partial charge in [-0.15, -0.1) is 0 Å². The second kappa shape index (κ2) is 6.92. The Kier molecular flexibility index (Phi) is 5.54. The lowest BCUT2D eigenvalue weighted by Gasteiger charge is -2.15. The quantitative estimate of drug-likeness (QED) is 0.863. The molecular weight excluding hydrogens is 254 g/mol. The summed E-state index contributed by atoms with van der Waals surface area (Å²) in [6.45, 7) is 3.19. The predicted octanol–water partition coefficient (Wildman–Crippen LogP) is 3.37. The van der Waals surface area contributed by atoms with Crippen LogP contribution in [0, 0.1) is 12.8 Å². The molecule has 0 aliphatic heterocycles. The first-order valence-corrected chi connectivity index (χ1v) is 5.99. The van der Waals surface area contributed by atoms with Gasteiger partial charge in [0.05, 0.1) is 5.69 Å². The molecule has 0 fully saturated rings. The third-order valence-electron chi connectivity index (χ3n) is 2.36. The van der Waals surface area contributed by atoms with Crippen LogP contribution in [0.5, 0.6) is 5.75 Å². The standard InChI is InChI=1S/C13H18F2N2O2/c1-8(2)7-16-13(18)17-11-9(3)5-4-6-10(11)19-12(14)15/h4-6,8,12H,7H2,1-3H3,(H2,16,17,18). The molecule has 0 aliphatic rings. The van der Waals surface area contributed by atoms with E-state index in [1.165, 1.54) is 6.07 Å². The van der Waals surface area contributed by atoms with Gasteiger partial charge in [-0.3, -0.25) is 0 Å². The van der Waals surface area contributed by atoms with E-state index in [4.69, 9.17) is 0 Å². The molecule has 0 unspecified atom stereocenters. The fraction of sp³-hybridized carbons (Fsp3) is 0.462. The number of rotatable bonds is 5. The molecule has 0 bridgehead atoms. The minimum Gasteiger partial charge on any atom is -0.433 e. The van der Waals surface area contributed by atoms with Crippen LogP contribution in [0.25, 0.3) is 0 Å². The number of urea groups is 1. The molecule has 0 heterocycles. The number of carbonyl (C=O) groups excluding carboxylic acids is 1. The number of ether oxygens (including phenoxy) is 1. The number of halogens is 2. The number of para-hydroxylation sites is 1. The monoisotopic (exact) mass is 272 g/mol. The van der Waals surface area contributed by atoms with Crippen molar-refractivity contribution in [3.8, 4) is 5.75 Å². The Hall–Kier alpha value is -1.85. The van der Waals surface area contributed by atoms with Gasteiger partial charge in [0.2, 0.25) is 0 Å². The molecule has 0 aromatic heterocycles. The summed E-state index contributed by atoms with van der Waals surface area (Å²) in [5.74, 6) is 0.258. The average molecular weight is 272 g/mol. The van der Waals surface area contributed by atoms with Crippen molar-refractivity contribution < 1.29 is 18.3 Å². The predicted molar refractivity (Wildman–Crippen MR) is 69.7 cm³/mol. The fourth-order valence-electron chi connectivity index (χ4n) is 1.45. The largest absolute Gasteiger partial charge is 0.433 e. The summed E-state index contributed by atoms with van der Waals surface area (Å²) in [4.78, 5) is 11.6. The van der Waals surface area contributed by atoms with Crippen molar-refractivity contribution in [1.29, 1.82) is 0 Å². The van der Waals surface area contributed by atoms with E-state index in [1.807, 2.05) is 13.8 Å². The molecule has 0 aliphatic carbocycles. The van der Waals surface area contributed by atoms with Gasteiger partial charge in [0.25, 0.3) is 0 Å². The van der Waals surface area contributed by atoms with Crippen LogP contribution >= 0.6 is 0 Å². The van der Waals surface area contributed by atoms with Gasteiger partial charge in [-0.2, -0.15) is 8.78 Å². The van der Waals surface area contributed by atoms with E-state index in [-0.39, 0.29) is 11.4 Å². The highest BCUT2D eigenvalue weighted by atomic mass is 19.3. The number of hydrogen-bond donors (Lipinski definition) is 2. The summed E-state index contributed by atoms with van der Waals surface area (Å²) in [5.41, 5.74) is 0.905. The van der Waals surface area contributed by atoms with Crippen molar-refractivity contribution >= 4 is 11.7 Å². The first kappa shape index (κ1) is 15.2. The number of alkyl halides is 2. The maximum atomic E-state index is 12.3. The van der Waals surface area contributed by atoms with E-state index < -0.39 is 12.6 Å². The Morgan fingerprint density at radius 1 is 1.37 bits per heavy atom. The van der Waals surface area contributed by atoms with E-state index in [2.05, 4.69) is 15.4 Å². The highest BCUT2D eigenvalue weighted by molar-refractivity contribution is 5.91. The van der Waals surface area contributed by atoms with Crippen LogP contribution in [0.2, 0.25) is 0 Å². The number of benzene rings is 1. The second-order valence-electron chi connectivity index (χ2n) is 4.56. The molecule has 0 saturated carbocycles. The molecule has 0 radical (unpaired) electrons. The number of amides is 2. The fourth-order valence-corrected chi connectivity index (χ4v) is 1.45. The molecule has 106 valence electrons. The average Bonchev–Trinajstić information content (AvgIpc) is 2.30. The van der Waals surface area contributed by atoms with Gasteiger partial charge < -0.3 is 15.4 Å². The lowest BCUT2D eigenvalue weighted by atomic mass is 10.2. The molecule has 0 atom stereocenters. The number of anilines is 1. The molecule has 19 heavy (non-hydrogen) atoms. The first-order valence-electron chi connectivity index (χ1n) is 5.99. The minimum atomic E-state index is -2.93. The second-order valence-corrected chi connectivity index (χ2v) is 4.56. The summed E-state index contributed by atoms with van der Waals surface area (Å²) < 4.78 is 28.9. The van der Waals surface area contributed by atoms with E-state index in [9.17, 15) is 13.6 Å². The maximum absolute atomic E-state index is 12.3. The van der Waals surface area contributed by atoms with Crippen LogP contribution in [0.4, 0.5) is 19.3 Å². The van der Waals surface area contributed by atoms with Gasteiger partial charge >= 0.3 is 12.6 Å². The van der Waals surface area contributed by atoms with E-state index in [0.29, 0.717) is 18.0 Å². The van der Waals surface area contributed by atoms with Crippen LogP contribution in [-0.4, -0.2) is 19.2 Å². The van der Waals surface area contributed by atoms with Gasteiger partial charge in [0.1, 0.15) is 5.75 Å². The first-order chi connectivity index (χ1) is 8.90. The van der Waals surface area contributed by atoms with Gasteiger partial charge in [-0.1, -0.05) is 26.0 Å². The summed E-state index contributed by atoms with van der Waals surface area (Å²) in [7, 11) is 0. The zero-order chi connectivity index (χ0) is 14.4. The molecule has 0 saturated heterocycles. The van der Waals surface area contributed by atoms with E-state index in [0.717, 1.165) is 0 Å².